The van der Waals surface area contributed by atoms with Crippen LogP contribution >= 0.6 is 0 Å². The molecule has 1 aliphatic carbocycles. The molecule has 1 heteroatoms. The lowest BCUT2D eigenvalue weighted by atomic mass is 9.70. The Morgan fingerprint density at radius 2 is 1.39 bits per heavy atom. The first kappa shape index (κ1) is 17.7. The van der Waals surface area contributed by atoms with E-state index in [1.807, 2.05) is 0 Å². The summed E-state index contributed by atoms with van der Waals surface area (Å²) in [5.41, 5.74) is 0.285. The predicted octanol–water partition coefficient (Wildman–Crippen LogP) is 5.48. The van der Waals surface area contributed by atoms with E-state index in [4.69, 9.17) is 0 Å². The summed E-state index contributed by atoms with van der Waals surface area (Å²) in [7, 11) is 0. The number of hydrogen-bond acceptors (Lipinski definition) is 1. The highest BCUT2D eigenvalue weighted by Crippen LogP contribution is 2.38. The quantitative estimate of drug-likeness (QED) is 0.637. The highest BCUT2D eigenvalue weighted by atomic mass is 16.1. The van der Waals surface area contributed by atoms with Crippen LogP contribution in [0.2, 0.25) is 0 Å². The van der Waals surface area contributed by atoms with Crippen molar-refractivity contribution in [1.29, 1.82) is 0 Å². The van der Waals surface area contributed by atoms with Crippen molar-refractivity contribution >= 4 is 5.78 Å². The molecule has 0 atom stereocenters. The van der Waals surface area contributed by atoms with Crippen molar-refractivity contribution in [3.63, 3.8) is 0 Å². The molecule has 0 aliphatic heterocycles. The monoisotopic (exact) mass is 254 g/mol. The average Bonchev–Trinajstić information content (AvgIpc) is 2.14. The van der Waals surface area contributed by atoms with Crippen LogP contribution in [0, 0.1) is 22.7 Å². The first-order valence-electron chi connectivity index (χ1n) is 7.14. The molecule has 0 aromatic heterocycles. The van der Waals surface area contributed by atoms with Gasteiger partial charge in [-0.1, -0.05) is 49.0 Å². The summed E-state index contributed by atoms with van der Waals surface area (Å²) < 4.78 is 0. The molecule has 0 aromatic carbocycles. The van der Waals surface area contributed by atoms with E-state index in [-0.39, 0.29) is 12.8 Å². The van der Waals surface area contributed by atoms with Crippen LogP contribution in [0.5, 0.6) is 0 Å². The van der Waals surface area contributed by atoms with Gasteiger partial charge in [0, 0.05) is 11.3 Å². The van der Waals surface area contributed by atoms with Crippen LogP contribution in [0.15, 0.2) is 0 Å². The van der Waals surface area contributed by atoms with E-state index in [1.165, 1.54) is 19.3 Å². The van der Waals surface area contributed by atoms with Gasteiger partial charge in [-0.05, 0) is 43.4 Å². The second-order valence-electron chi connectivity index (χ2n) is 8.10. The molecule has 0 aromatic rings. The summed E-state index contributed by atoms with van der Waals surface area (Å²) in [5.74, 6) is 1.66. The highest BCUT2D eigenvalue weighted by Gasteiger charge is 2.33. The van der Waals surface area contributed by atoms with Crippen LogP contribution < -0.4 is 0 Å². The molecule has 0 spiro atoms. The molecule has 0 N–H and O–H groups in total. The predicted molar refractivity (Wildman–Crippen MR) is 80.7 cm³/mol. The third kappa shape index (κ3) is 5.54. The molecule has 1 rings (SSSR count). The number of hydrogen-bond donors (Lipinski definition) is 0. The highest BCUT2D eigenvalue weighted by molar-refractivity contribution is 5.85. The number of ketones is 1. The third-order valence-corrected chi connectivity index (χ3v) is 3.86. The van der Waals surface area contributed by atoms with Gasteiger partial charge in [0.05, 0.1) is 0 Å². The largest absolute Gasteiger partial charge is 0.299 e. The number of carbonyl (C=O) groups is 1. The fraction of sp³-hybridized carbons (Fsp3) is 0.941. The second-order valence-corrected chi connectivity index (χ2v) is 8.10. The van der Waals surface area contributed by atoms with Crippen molar-refractivity contribution in [3.8, 4) is 0 Å². The lowest BCUT2D eigenvalue weighted by Gasteiger charge is -2.34. The minimum absolute atomic E-state index is 0. The maximum Gasteiger partial charge on any atom is 0.141 e. The Morgan fingerprint density at radius 3 is 1.72 bits per heavy atom. The SMILES string of the molecule is C.CC(C)(C)CC1CCC(C(=O)C(C)(C)C)CC1. The van der Waals surface area contributed by atoms with E-state index in [0.717, 1.165) is 18.8 Å². The maximum absolute atomic E-state index is 12.2. The minimum Gasteiger partial charge on any atom is -0.299 e. The number of Topliss-reactive ketones (excluding diaryl/α,β-unsaturated/α-hetero) is 1. The van der Waals surface area contributed by atoms with Gasteiger partial charge in [-0.25, -0.2) is 0 Å². The van der Waals surface area contributed by atoms with Gasteiger partial charge in [-0.15, -0.1) is 0 Å². The zero-order chi connectivity index (χ0) is 13.3. The van der Waals surface area contributed by atoms with Crippen molar-refractivity contribution in [1.82, 2.24) is 0 Å². The van der Waals surface area contributed by atoms with Gasteiger partial charge in [0.25, 0.3) is 0 Å². The first-order valence-corrected chi connectivity index (χ1v) is 7.14. The van der Waals surface area contributed by atoms with Crippen LogP contribution in [-0.4, -0.2) is 5.78 Å². The van der Waals surface area contributed by atoms with Gasteiger partial charge >= 0.3 is 0 Å². The zero-order valence-corrected chi connectivity index (χ0v) is 12.6. The molecule has 0 unspecified atom stereocenters. The molecule has 18 heavy (non-hydrogen) atoms. The molecule has 0 saturated heterocycles. The Kier molecular flexibility index (Phi) is 6.10. The molecule has 108 valence electrons. The van der Waals surface area contributed by atoms with Gasteiger partial charge < -0.3 is 0 Å². The van der Waals surface area contributed by atoms with Crippen LogP contribution in [0.3, 0.4) is 0 Å². The molecule has 1 fully saturated rings. The van der Waals surface area contributed by atoms with E-state index >= 15 is 0 Å². The topological polar surface area (TPSA) is 17.1 Å². The van der Waals surface area contributed by atoms with Crippen LogP contribution in [-0.2, 0) is 4.79 Å². The van der Waals surface area contributed by atoms with Crippen LogP contribution in [0.25, 0.3) is 0 Å². The summed E-state index contributed by atoms with van der Waals surface area (Å²) in [5, 5.41) is 0. The number of carbonyl (C=O) groups excluding carboxylic acids is 1. The van der Waals surface area contributed by atoms with E-state index < -0.39 is 0 Å². The smallest absolute Gasteiger partial charge is 0.141 e. The fourth-order valence-corrected chi connectivity index (χ4v) is 3.11. The molecule has 0 radical (unpaired) electrons. The van der Waals surface area contributed by atoms with Gasteiger partial charge in [0.2, 0.25) is 0 Å². The number of rotatable bonds is 2. The molecule has 1 nitrogen and oxygen atoms in total. The Balaban J connectivity index is 0.00000289. The van der Waals surface area contributed by atoms with Gasteiger partial charge in [-0.3, -0.25) is 4.79 Å². The summed E-state index contributed by atoms with van der Waals surface area (Å²) in [4.78, 5) is 12.2. The van der Waals surface area contributed by atoms with Crippen molar-refractivity contribution in [2.45, 2.75) is 81.1 Å². The second kappa shape index (κ2) is 6.21. The third-order valence-electron chi connectivity index (χ3n) is 3.86. The van der Waals surface area contributed by atoms with Crippen molar-refractivity contribution in [3.05, 3.63) is 0 Å². The lowest BCUT2D eigenvalue weighted by molar-refractivity contribution is -0.131. The van der Waals surface area contributed by atoms with Crippen molar-refractivity contribution < 1.29 is 4.79 Å². The summed E-state index contributed by atoms with van der Waals surface area (Å²) in [6.07, 6.45) is 6.06. The Bertz CT molecular complexity index is 256. The van der Waals surface area contributed by atoms with Gasteiger partial charge in [-0.2, -0.15) is 0 Å². The van der Waals surface area contributed by atoms with Gasteiger partial charge in [0.1, 0.15) is 5.78 Å². The maximum atomic E-state index is 12.2. The first-order chi connectivity index (χ1) is 7.59. The summed E-state index contributed by atoms with van der Waals surface area (Å²) in [6.45, 7) is 13.1. The molecule has 1 aliphatic rings. The molecule has 0 bridgehead atoms. The Morgan fingerprint density at radius 1 is 0.944 bits per heavy atom. The summed E-state index contributed by atoms with van der Waals surface area (Å²) >= 11 is 0. The van der Waals surface area contributed by atoms with Crippen molar-refractivity contribution in [2.75, 3.05) is 0 Å². The minimum atomic E-state index is -0.151. The molecular weight excluding hydrogens is 220 g/mol. The fourth-order valence-electron chi connectivity index (χ4n) is 3.11. The Labute approximate surface area is 115 Å². The Hall–Kier alpha value is -0.330. The summed E-state index contributed by atoms with van der Waals surface area (Å²) in [6, 6.07) is 0. The van der Waals surface area contributed by atoms with Crippen LogP contribution in [0.4, 0.5) is 0 Å². The average molecular weight is 254 g/mol. The standard InChI is InChI=1S/C16H30O.CH4/c1-15(2,3)11-12-7-9-13(10-8-12)14(17)16(4,5)6;/h12-13H,7-11H2,1-6H3;1H4. The van der Waals surface area contributed by atoms with E-state index in [9.17, 15) is 4.79 Å². The van der Waals surface area contributed by atoms with E-state index in [2.05, 4.69) is 41.5 Å². The van der Waals surface area contributed by atoms with E-state index in [0.29, 0.717) is 17.1 Å². The van der Waals surface area contributed by atoms with Gasteiger partial charge in [0.15, 0.2) is 0 Å². The van der Waals surface area contributed by atoms with Crippen LogP contribution in [0.1, 0.15) is 81.1 Å². The molecule has 0 amide bonds. The van der Waals surface area contributed by atoms with Crippen molar-refractivity contribution in [2.24, 2.45) is 22.7 Å². The molecular formula is C17H34O. The zero-order valence-electron chi connectivity index (χ0n) is 12.6. The molecule has 1 saturated carbocycles. The van der Waals surface area contributed by atoms with E-state index in [1.54, 1.807) is 0 Å². The molecule has 0 heterocycles. The lowest BCUT2D eigenvalue weighted by Crippen LogP contribution is -2.31. The normalized spacial score (nSPS) is 25.4.